The quantitative estimate of drug-likeness (QED) is 0.114. The molecule has 3 heterocycles. The van der Waals surface area contributed by atoms with Gasteiger partial charge in [-0.15, -0.1) is 0 Å². The normalized spacial score (nSPS) is 11.6. The minimum Gasteiger partial charge on any atom is -0.351 e. The number of anilines is 2. The number of amides is 1. The number of fused-ring (bicyclic) bond motifs is 1. The second-order valence-electron chi connectivity index (χ2n) is 9.39. The fraction of sp³-hybridized carbons (Fsp3) is 0.379. The van der Waals surface area contributed by atoms with Crippen molar-refractivity contribution in [1.29, 1.82) is 0 Å². The Morgan fingerprint density at radius 3 is 2.45 bits per heavy atom. The van der Waals surface area contributed by atoms with Gasteiger partial charge in [-0.3, -0.25) is 20.4 Å². The molecule has 0 saturated heterocycles. The Balaban J connectivity index is 1.49. The fourth-order valence-electron chi connectivity index (χ4n) is 4.26. The minimum absolute atomic E-state index is 0.155. The summed E-state index contributed by atoms with van der Waals surface area (Å²) in [6.07, 6.45) is 10.2. The first-order valence-electron chi connectivity index (χ1n) is 13.5. The van der Waals surface area contributed by atoms with Crippen LogP contribution in [0.2, 0.25) is 0 Å². The Morgan fingerprint density at radius 1 is 0.974 bits per heavy atom. The Hall–Kier alpha value is -3.82. The lowest BCUT2D eigenvalue weighted by Gasteiger charge is -2.36. The number of carbonyl (C=O) groups excluding carboxylic acids is 1. The lowest BCUT2D eigenvalue weighted by molar-refractivity contribution is 0.0826. The molecule has 9 nitrogen and oxygen atoms in total. The second-order valence-corrected chi connectivity index (χ2v) is 9.39. The summed E-state index contributed by atoms with van der Waals surface area (Å²) in [6.45, 7) is 8.06. The van der Waals surface area contributed by atoms with Crippen LogP contribution in [-0.2, 0) is 0 Å². The number of benzene rings is 1. The standard InChI is InChI=1S/C29H38N8O/c1-4-7-15-32-29(6-3,33-16-8-5-2)37-27(38)26-19-22-18-23(11-12-24(22)35-26)34-28-31-17-13-25(36-28)21-10-9-14-30-20-21/h9-14,17-20,32-33,35H,4-8,15-16H2,1-3H3,(H,37,38)(H,31,34,36). The predicted molar refractivity (Wildman–Crippen MR) is 153 cm³/mol. The minimum atomic E-state index is -0.651. The molecule has 0 fully saturated rings. The highest BCUT2D eigenvalue weighted by Gasteiger charge is 2.29. The van der Waals surface area contributed by atoms with E-state index in [1.54, 1.807) is 18.6 Å². The molecule has 0 aliphatic heterocycles. The average molecular weight is 515 g/mol. The van der Waals surface area contributed by atoms with E-state index in [1.807, 2.05) is 42.5 Å². The largest absolute Gasteiger partial charge is 0.351 e. The molecule has 38 heavy (non-hydrogen) atoms. The number of nitrogens with zero attached hydrogens (tertiary/aromatic N) is 3. The third-order valence-corrected chi connectivity index (χ3v) is 6.51. The Morgan fingerprint density at radius 2 is 1.76 bits per heavy atom. The van der Waals surface area contributed by atoms with Crippen LogP contribution in [0.5, 0.6) is 0 Å². The van der Waals surface area contributed by atoms with E-state index in [1.165, 1.54) is 0 Å². The van der Waals surface area contributed by atoms with Crippen molar-refractivity contribution in [2.24, 2.45) is 0 Å². The Labute approximate surface area is 224 Å². The van der Waals surface area contributed by atoms with Gasteiger partial charge in [0.2, 0.25) is 5.95 Å². The van der Waals surface area contributed by atoms with Crippen LogP contribution in [0, 0.1) is 0 Å². The van der Waals surface area contributed by atoms with Gasteiger partial charge in [0, 0.05) is 40.7 Å². The number of carbonyl (C=O) groups is 1. The van der Waals surface area contributed by atoms with Gasteiger partial charge in [0.05, 0.1) is 5.69 Å². The highest BCUT2D eigenvalue weighted by Crippen LogP contribution is 2.23. The predicted octanol–water partition coefficient (Wildman–Crippen LogP) is 5.34. The number of aromatic amines is 1. The lowest BCUT2D eigenvalue weighted by Crippen LogP contribution is -2.67. The van der Waals surface area contributed by atoms with Crippen LogP contribution in [-0.4, -0.2) is 44.7 Å². The number of nitrogens with one attached hydrogen (secondary N) is 5. The van der Waals surface area contributed by atoms with Crippen molar-refractivity contribution in [3.8, 4) is 11.3 Å². The number of hydrogen-bond acceptors (Lipinski definition) is 7. The van der Waals surface area contributed by atoms with E-state index in [2.05, 4.69) is 62.0 Å². The van der Waals surface area contributed by atoms with Crippen molar-refractivity contribution in [2.75, 3.05) is 18.4 Å². The van der Waals surface area contributed by atoms with Crippen molar-refractivity contribution in [2.45, 2.75) is 58.7 Å². The van der Waals surface area contributed by atoms with Gasteiger partial charge in [-0.2, -0.15) is 0 Å². The molecule has 0 unspecified atom stereocenters. The van der Waals surface area contributed by atoms with E-state index in [9.17, 15) is 4.79 Å². The van der Waals surface area contributed by atoms with Crippen molar-refractivity contribution >= 4 is 28.4 Å². The van der Waals surface area contributed by atoms with Crippen LogP contribution in [0.25, 0.3) is 22.2 Å². The summed E-state index contributed by atoms with van der Waals surface area (Å²) in [7, 11) is 0. The molecule has 5 N–H and O–H groups in total. The zero-order chi connectivity index (χ0) is 26.8. The monoisotopic (exact) mass is 514 g/mol. The maximum atomic E-state index is 13.3. The third-order valence-electron chi connectivity index (χ3n) is 6.51. The molecule has 0 bridgehead atoms. The molecule has 9 heteroatoms. The number of H-pyrrole nitrogens is 1. The van der Waals surface area contributed by atoms with Crippen LogP contribution in [0.3, 0.4) is 0 Å². The smallest absolute Gasteiger partial charge is 0.270 e. The van der Waals surface area contributed by atoms with Gasteiger partial charge in [-0.1, -0.05) is 33.6 Å². The number of rotatable bonds is 14. The molecule has 4 aromatic rings. The molecule has 200 valence electrons. The van der Waals surface area contributed by atoms with Crippen LogP contribution in [0.4, 0.5) is 11.6 Å². The molecule has 4 rings (SSSR count). The molecule has 0 saturated carbocycles. The second kappa shape index (κ2) is 13.1. The van der Waals surface area contributed by atoms with E-state index in [0.717, 1.165) is 73.0 Å². The Kier molecular flexibility index (Phi) is 9.40. The Bertz CT molecular complexity index is 1310. The van der Waals surface area contributed by atoms with Crippen molar-refractivity contribution in [3.05, 3.63) is 66.7 Å². The van der Waals surface area contributed by atoms with E-state index < -0.39 is 5.79 Å². The molecule has 0 aliphatic carbocycles. The molecular formula is C29H38N8O. The van der Waals surface area contributed by atoms with Gasteiger partial charge in [-0.05, 0) is 74.8 Å². The lowest BCUT2D eigenvalue weighted by atomic mass is 10.2. The zero-order valence-corrected chi connectivity index (χ0v) is 22.5. The van der Waals surface area contributed by atoms with Gasteiger partial charge in [0.1, 0.15) is 11.5 Å². The topological polar surface area (TPSA) is 120 Å². The molecule has 0 spiro atoms. The average Bonchev–Trinajstić information content (AvgIpc) is 3.38. The molecular weight excluding hydrogens is 476 g/mol. The van der Waals surface area contributed by atoms with Gasteiger partial charge < -0.3 is 15.6 Å². The van der Waals surface area contributed by atoms with E-state index in [0.29, 0.717) is 11.6 Å². The summed E-state index contributed by atoms with van der Waals surface area (Å²) in [5.41, 5.74) is 3.94. The molecule has 0 atom stereocenters. The highest BCUT2D eigenvalue weighted by atomic mass is 16.2. The highest BCUT2D eigenvalue weighted by molar-refractivity contribution is 5.99. The maximum Gasteiger partial charge on any atom is 0.270 e. The molecule has 3 aromatic heterocycles. The molecule has 1 aromatic carbocycles. The van der Waals surface area contributed by atoms with Crippen LogP contribution < -0.4 is 21.3 Å². The number of aromatic nitrogens is 4. The van der Waals surface area contributed by atoms with Crippen molar-refractivity contribution in [3.63, 3.8) is 0 Å². The molecule has 0 aliphatic rings. The van der Waals surface area contributed by atoms with Gasteiger partial charge >= 0.3 is 0 Å². The first kappa shape index (κ1) is 27.2. The van der Waals surface area contributed by atoms with Crippen LogP contribution >= 0.6 is 0 Å². The summed E-state index contributed by atoms with van der Waals surface area (Å²) in [4.78, 5) is 29.7. The third kappa shape index (κ3) is 6.93. The summed E-state index contributed by atoms with van der Waals surface area (Å²) >= 11 is 0. The molecule has 1 amide bonds. The SMILES string of the molecule is CCCCNC(CC)(NCCCC)NC(=O)c1cc2cc(Nc3nccc(-c4cccnc4)n3)ccc2[nH]1. The van der Waals surface area contributed by atoms with Crippen LogP contribution in [0.15, 0.2) is 61.1 Å². The van der Waals surface area contributed by atoms with Gasteiger partial charge in [0.15, 0.2) is 0 Å². The maximum absolute atomic E-state index is 13.3. The fourth-order valence-corrected chi connectivity index (χ4v) is 4.26. The van der Waals surface area contributed by atoms with Crippen LogP contribution in [0.1, 0.15) is 63.4 Å². The summed E-state index contributed by atoms with van der Waals surface area (Å²) in [6, 6.07) is 13.4. The number of pyridine rings is 1. The summed E-state index contributed by atoms with van der Waals surface area (Å²) in [5, 5.41) is 14.5. The van der Waals surface area contributed by atoms with Crippen molar-refractivity contribution in [1.82, 2.24) is 35.9 Å². The van der Waals surface area contributed by atoms with Gasteiger partial charge in [-0.25, -0.2) is 9.97 Å². The summed E-state index contributed by atoms with van der Waals surface area (Å²) in [5.74, 6) is -0.316. The first-order chi connectivity index (χ1) is 18.6. The van der Waals surface area contributed by atoms with Gasteiger partial charge in [0.25, 0.3) is 5.91 Å². The van der Waals surface area contributed by atoms with E-state index in [4.69, 9.17) is 0 Å². The first-order valence-corrected chi connectivity index (χ1v) is 13.5. The summed E-state index contributed by atoms with van der Waals surface area (Å²) < 4.78 is 0. The number of hydrogen-bond donors (Lipinski definition) is 5. The van der Waals surface area contributed by atoms with E-state index >= 15 is 0 Å². The zero-order valence-electron chi connectivity index (χ0n) is 22.5. The molecule has 0 radical (unpaired) electrons. The van der Waals surface area contributed by atoms with Crippen molar-refractivity contribution < 1.29 is 4.79 Å². The van der Waals surface area contributed by atoms with E-state index in [-0.39, 0.29) is 5.91 Å². The number of unbranched alkanes of at least 4 members (excludes halogenated alkanes) is 2.